The number of nitriles is 1. The Morgan fingerprint density at radius 3 is 3.06 bits per heavy atom. The van der Waals surface area contributed by atoms with E-state index in [0.29, 0.717) is 12.0 Å². The Labute approximate surface area is 92.1 Å². The number of hydrogen-bond donors (Lipinski definition) is 0. The van der Waals surface area contributed by atoms with Crippen LogP contribution in [0.5, 0.6) is 0 Å². The monoisotopic (exact) mass is 212 g/mol. The van der Waals surface area contributed by atoms with Crippen molar-refractivity contribution in [3.63, 3.8) is 0 Å². The lowest BCUT2D eigenvalue weighted by Crippen LogP contribution is -1.91. The Morgan fingerprint density at radius 2 is 2.31 bits per heavy atom. The van der Waals surface area contributed by atoms with E-state index in [1.165, 1.54) is 0 Å². The van der Waals surface area contributed by atoms with E-state index in [9.17, 15) is 4.79 Å². The standard InChI is InChI=1S/C12H8N2O2/c13-6-10-3-4-14-12-2-1-9(5-11(10)12)7-16-8-15/h1-5,8H,7H2. The maximum atomic E-state index is 10.1. The summed E-state index contributed by atoms with van der Waals surface area (Å²) in [5, 5.41) is 9.71. The Balaban J connectivity index is 2.51. The minimum Gasteiger partial charge on any atom is -0.463 e. The summed E-state index contributed by atoms with van der Waals surface area (Å²) < 4.78 is 4.66. The number of ether oxygens (including phenoxy) is 1. The molecule has 16 heavy (non-hydrogen) atoms. The maximum Gasteiger partial charge on any atom is 0.293 e. The predicted molar refractivity (Wildman–Crippen MR) is 57.3 cm³/mol. The highest BCUT2D eigenvalue weighted by atomic mass is 16.5. The molecule has 0 N–H and O–H groups in total. The molecule has 2 rings (SSSR count). The molecule has 2 aromatic rings. The van der Waals surface area contributed by atoms with Gasteiger partial charge >= 0.3 is 0 Å². The van der Waals surface area contributed by atoms with Crippen LogP contribution in [0.4, 0.5) is 0 Å². The Morgan fingerprint density at radius 1 is 1.44 bits per heavy atom. The van der Waals surface area contributed by atoms with Crippen molar-refractivity contribution in [2.45, 2.75) is 6.61 Å². The lowest BCUT2D eigenvalue weighted by Gasteiger charge is -2.03. The van der Waals surface area contributed by atoms with E-state index in [-0.39, 0.29) is 6.61 Å². The van der Waals surface area contributed by atoms with E-state index < -0.39 is 0 Å². The predicted octanol–water partition coefficient (Wildman–Crippen LogP) is 1.78. The van der Waals surface area contributed by atoms with Crippen LogP contribution in [0.3, 0.4) is 0 Å². The van der Waals surface area contributed by atoms with Crippen molar-refractivity contribution in [3.8, 4) is 6.07 Å². The summed E-state index contributed by atoms with van der Waals surface area (Å²) in [6.07, 6.45) is 1.60. The molecule has 1 heterocycles. The molecule has 0 radical (unpaired) electrons. The van der Waals surface area contributed by atoms with Crippen molar-refractivity contribution in [1.29, 1.82) is 5.26 Å². The van der Waals surface area contributed by atoms with Crippen LogP contribution < -0.4 is 0 Å². The summed E-state index contributed by atoms with van der Waals surface area (Å²) in [4.78, 5) is 14.2. The molecular formula is C12H8N2O2. The highest BCUT2D eigenvalue weighted by Crippen LogP contribution is 2.18. The Bertz CT molecular complexity index is 573. The van der Waals surface area contributed by atoms with Crippen molar-refractivity contribution < 1.29 is 9.53 Å². The zero-order valence-electron chi connectivity index (χ0n) is 8.38. The first-order chi connectivity index (χ1) is 7.85. The molecule has 0 spiro atoms. The molecule has 0 aliphatic rings. The summed E-state index contributed by atoms with van der Waals surface area (Å²) in [6, 6.07) is 9.20. The van der Waals surface area contributed by atoms with Gasteiger partial charge in [-0.15, -0.1) is 0 Å². The van der Waals surface area contributed by atoms with Crippen LogP contribution in [-0.2, 0) is 16.1 Å². The van der Waals surface area contributed by atoms with Crippen LogP contribution in [0.2, 0.25) is 0 Å². The normalized spacial score (nSPS) is 9.69. The number of fused-ring (bicyclic) bond motifs is 1. The third-order valence-corrected chi connectivity index (χ3v) is 2.24. The molecule has 4 nitrogen and oxygen atoms in total. The lowest BCUT2D eigenvalue weighted by molar-refractivity contribution is -0.129. The number of carbonyl (C=O) groups is 1. The van der Waals surface area contributed by atoms with Gasteiger partial charge in [-0.2, -0.15) is 5.26 Å². The van der Waals surface area contributed by atoms with Crippen molar-refractivity contribution in [1.82, 2.24) is 4.98 Å². The van der Waals surface area contributed by atoms with Crippen LogP contribution in [0.25, 0.3) is 10.9 Å². The van der Waals surface area contributed by atoms with Gasteiger partial charge in [0.2, 0.25) is 0 Å². The fourth-order valence-corrected chi connectivity index (χ4v) is 1.51. The molecule has 4 heteroatoms. The van der Waals surface area contributed by atoms with Gasteiger partial charge in [-0.05, 0) is 23.8 Å². The number of benzene rings is 1. The summed E-state index contributed by atoms with van der Waals surface area (Å²) in [6.45, 7) is 0.609. The highest BCUT2D eigenvalue weighted by Gasteiger charge is 2.02. The number of aromatic nitrogens is 1. The minimum atomic E-state index is 0.208. The SMILES string of the molecule is N#Cc1ccnc2ccc(COC=O)cc12. The molecule has 1 aromatic heterocycles. The van der Waals surface area contributed by atoms with Gasteiger partial charge in [0, 0.05) is 11.6 Å². The molecule has 0 amide bonds. The molecule has 0 saturated carbocycles. The summed E-state index contributed by atoms with van der Waals surface area (Å²) in [7, 11) is 0. The van der Waals surface area contributed by atoms with E-state index in [1.54, 1.807) is 18.3 Å². The van der Waals surface area contributed by atoms with Gasteiger partial charge in [0.05, 0.1) is 17.1 Å². The second-order valence-electron chi connectivity index (χ2n) is 3.23. The van der Waals surface area contributed by atoms with E-state index in [1.807, 2.05) is 12.1 Å². The van der Waals surface area contributed by atoms with Gasteiger partial charge < -0.3 is 4.74 Å². The van der Waals surface area contributed by atoms with Crippen LogP contribution in [0.15, 0.2) is 30.5 Å². The highest BCUT2D eigenvalue weighted by molar-refractivity contribution is 5.84. The fraction of sp³-hybridized carbons (Fsp3) is 0.0833. The zero-order chi connectivity index (χ0) is 11.4. The number of hydrogen-bond acceptors (Lipinski definition) is 4. The van der Waals surface area contributed by atoms with E-state index >= 15 is 0 Å². The van der Waals surface area contributed by atoms with Gasteiger partial charge in [0.15, 0.2) is 0 Å². The van der Waals surface area contributed by atoms with Crippen molar-refractivity contribution >= 4 is 17.4 Å². The average Bonchev–Trinajstić information content (AvgIpc) is 2.35. The van der Waals surface area contributed by atoms with Crippen molar-refractivity contribution in [2.24, 2.45) is 0 Å². The van der Waals surface area contributed by atoms with Gasteiger partial charge in [-0.3, -0.25) is 9.78 Å². The van der Waals surface area contributed by atoms with Crippen LogP contribution in [-0.4, -0.2) is 11.5 Å². The quantitative estimate of drug-likeness (QED) is 0.727. The summed E-state index contributed by atoms with van der Waals surface area (Å²) in [5.41, 5.74) is 2.16. The molecule has 0 atom stereocenters. The van der Waals surface area contributed by atoms with Crippen molar-refractivity contribution in [3.05, 3.63) is 41.6 Å². The first-order valence-corrected chi connectivity index (χ1v) is 4.68. The van der Waals surface area contributed by atoms with Crippen molar-refractivity contribution in [2.75, 3.05) is 0 Å². The topological polar surface area (TPSA) is 63.0 Å². The lowest BCUT2D eigenvalue weighted by atomic mass is 10.1. The first kappa shape index (κ1) is 10.1. The fourth-order valence-electron chi connectivity index (χ4n) is 1.51. The molecule has 0 fully saturated rings. The van der Waals surface area contributed by atoms with E-state index in [0.717, 1.165) is 16.5 Å². The van der Waals surface area contributed by atoms with E-state index in [4.69, 9.17) is 5.26 Å². The smallest absolute Gasteiger partial charge is 0.293 e. The molecule has 78 valence electrons. The maximum absolute atomic E-state index is 10.1. The summed E-state index contributed by atoms with van der Waals surface area (Å²) >= 11 is 0. The zero-order valence-corrected chi connectivity index (χ0v) is 8.38. The van der Waals surface area contributed by atoms with Gasteiger partial charge in [0.1, 0.15) is 6.61 Å². The second kappa shape index (κ2) is 4.41. The first-order valence-electron chi connectivity index (χ1n) is 4.68. The van der Waals surface area contributed by atoms with Gasteiger partial charge in [0.25, 0.3) is 6.47 Å². The molecule has 0 bridgehead atoms. The van der Waals surface area contributed by atoms with Gasteiger partial charge in [-0.25, -0.2) is 0 Å². The number of pyridine rings is 1. The molecule has 0 aliphatic carbocycles. The molecule has 0 saturated heterocycles. The van der Waals surface area contributed by atoms with E-state index in [2.05, 4.69) is 15.8 Å². The minimum absolute atomic E-state index is 0.208. The second-order valence-corrected chi connectivity index (χ2v) is 3.23. The molecular weight excluding hydrogens is 204 g/mol. The third kappa shape index (κ3) is 1.84. The third-order valence-electron chi connectivity index (χ3n) is 2.24. The Kier molecular flexibility index (Phi) is 2.79. The molecule has 1 aromatic carbocycles. The number of rotatable bonds is 3. The number of nitrogens with zero attached hydrogens (tertiary/aromatic N) is 2. The van der Waals surface area contributed by atoms with Crippen LogP contribution >= 0.6 is 0 Å². The molecule has 0 unspecified atom stereocenters. The Hall–Kier alpha value is -2.41. The van der Waals surface area contributed by atoms with Crippen LogP contribution in [0.1, 0.15) is 11.1 Å². The van der Waals surface area contributed by atoms with Gasteiger partial charge in [-0.1, -0.05) is 6.07 Å². The average molecular weight is 212 g/mol. The summed E-state index contributed by atoms with van der Waals surface area (Å²) in [5.74, 6) is 0. The van der Waals surface area contributed by atoms with Crippen LogP contribution in [0, 0.1) is 11.3 Å². The largest absolute Gasteiger partial charge is 0.463 e. The number of carbonyl (C=O) groups excluding carboxylic acids is 1. The molecule has 0 aliphatic heterocycles.